The van der Waals surface area contributed by atoms with Crippen LogP contribution in [-0.4, -0.2) is 47.8 Å². The van der Waals surface area contributed by atoms with Crippen molar-refractivity contribution in [2.75, 3.05) is 29.6 Å². The Morgan fingerprint density at radius 2 is 1.44 bits per heavy atom. The van der Waals surface area contributed by atoms with Crippen molar-refractivity contribution in [2.45, 2.75) is 29.6 Å². The standard InChI is InChI=1S/C25H27N3O6S2/c1-18-7-3-4-8-23(18)27-35(30,31)20-11-9-19(10-12-20)26-36(32,33)21-13-14-24(34-2)22(17-21)25(29)28-15-5-6-16-28/h3-4,7-14,17,26-27H,5-6,15-16H2,1-2H3. The van der Waals surface area contributed by atoms with Gasteiger partial charge in [0.05, 0.1) is 28.2 Å². The number of likely N-dealkylation sites (tertiary alicyclic amines) is 1. The van der Waals surface area contributed by atoms with E-state index in [1.807, 2.05) is 6.07 Å². The molecule has 0 bridgehead atoms. The molecule has 9 nitrogen and oxygen atoms in total. The van der Waals surface area contributed by atoms with Gasteiger partial charge in [-0.2, -0.15) is 0 Å². The summed E-state index contributed by atoms with van der Waals surface area (Å²) in [6, 6.07) is 16.4. The zero-order chi connectivity index (χ0) is 25.9. The van der Waals surface area contributed by atoms with Gasteiger partial charge in [-0.25, -0.2) is 16.8 Å². The number of carbonyl (C=O) groups is 1. The molecule has 1 aliphatic rings. The van der Waals surface area contributed by atoms with Crippen LogP contribution in [0.1, 0.15) is 28.8 Å². The zero-order valence-corrected chi connectivity index (χ0v) is 21.5. The molecule has 1 amide bonds. The third kappa shape index (κ3) is 5.47. The highest BCUT2D eigenvalue weighted by molar-refractivity contribution is 7.93. The second kappa shape index (κ2) is 10.2. The largest absolute Gasteiger partial charge is 0.496 e. The smallest absolute Gasteiger partial charge is 0.261 e. The number of sulfonamides is 2. The van der Waals surface area contributed by atoms with E-state index in [2.05, 4.69) is 9.44 Å². The van der Waals surface area contributed by atoms with Gasteiger partial charge < -0.3 is 9.64 Å². The minimum atomic E-state index is -4.06. The molecular weight excluding hydrogens is 502 g/mol. The molecule has 0 aliphatic carbocycles. The lowest BCUT2D eigenvalue weighted by atomic mass is 10.1. The minimum absolute atomic E-state index is 0.0170. The summed E-state index contributed by atoms with van der Waals surface area (Å²) in [4.78, 5) is 14.5. The molecule has 1 heterocycles. The van der Waals surface area contributed by atoms with Crippen LogP contribution < -0.4 is 14.2 Å². The number of methoxy groups -OCH3 is 1. The zero-order valence-electron chi connectivity index (χ0n) is 19.9. The van der Waals surface area contributed by atoms with E-state index < -0.39 is 20.0 Å². The average Bonchev–Trinajstić information content (AvgIpc) is 3.40. The summed E-state index contributed by atoms with van der Waals surface area (Å²) in [6.45, 7) is 3.02. The molecule has 36 heavy (non-hydrogen) atoms. The number of nitrogens with zero attached hydrogens (tertiary/aromatic N) is 1. The summed E-state index contributed by atoms with van der Waals surface area (Å²) in [5, 5.41) is 0. The predicted molar refractivity (Wildman–Crippen MR) is 137 cm³/mol. The molecule has 11 heteroatoms. The second-order valence-corrected chi connectivity index (χ2v) is 11.8. The first-order chi connectivity index (χ1) is 17.1. The topological polar surface area (TPSA) is 122 Å². The van der Waals surface area contributed by atoms with Crippen LogP contribution in [0.4, 0.5) is 11.4 Å². The number of ether oxygens (including phenoxy) is 1. The SMILES string of the molecule is COc1ccc(S(=O)(=O)Nc2ccc(S(=O)(=O)Nc3ccccc3C)cc2)cc1C(=O)N1CCCC1. The van der Waals surface area contributed by atoms with Crippen LogP contribution in [0.15, 0.2) is 76.5 Å². The third-order valence-corrected chi connectivity index (χ3v) is 8.67. The molecule has 0 atom stereocenters. The summed E-state index contributed by atoms with van der Waals surface area (Å²) < 4.78 is 61.8. The fraction of sp³-hybridized carbons (Fsp3) is 0.240. The molecule has 190 valence electrons. The van der Waals surface area contributed by atoms with Crippen molar-refractivity contribution in [3.05, 3.63) is 77.9 Å². The number of hydrogen-bond acceptors (Lipinski definition) is 6. The lowest BCUT2D eigenvalue weighted by molar-refractivity contribution is 0.0789. The van der Waals surface area contributed by atoms with Crippen LogP contribution in [0.2, 0.25) is 0 Å². The Labute approximate surface area is 211 Å². The summed E-state index contributed by atoms with van der Waals surface area (Å²) in [5.74, 6) is 0.0127. The highest BCUT2D eigenvalue weighted by Crippen LogP contribution is 2.27. The van der Waals surface area contributed by atoms with Gasteiger partial charge in [0.1, 0.15) is 5.75 Å². The number of rotatable bonds is 8. The monoisotopic (exact) mass is 529 g/mol. The van der Waals surface area contributed by atoms with E-state index in [0.717, 1.165) is 18.4 Å². The number of anilines is 2. The maximum Gasteiger partial charge on any atom is 0.261 e. The number of aryl methyl sites for hydroxylation is 1. The number of nitrogens with one attached hydrogen (secondary N) is 2. The van der Waals surface area contributed by atoms with E-state index in [0.29, 0.717) is 24.5 Å². The average molecular weight is 530 g/mol. The first-order valence-electron chi connectivity index (χ1n) is 11.3. The molecule has 0 saturated carbocycles. The molecule has 1 aliphatic heterocycles. The summed E-state index contributed by atoms with van der Waals surface area (Å²) in [5.41, 5.74) is 1.58. The van der Waals surface area contributed by atoms with Gasteiger partial charge in [0, 0.05) is 18.8 Å². The predicted octanol–water partition coefficient (Wildman–Crippen LogP) is 3.84. The van der Waals surface area contributed by atoms with E-state index in [1.165, 1.54) is 49.6 Å². The number of para-hydroxylation sites is 1. The lowest BCUT2D eigenvalue weighted by Crippen LogP contribution is -2.28. The van der Waals surface area contributed by atoms with Crippen LogP contribution >= 0.6 is 0 Å². The molecule has 1 fully saturated rings. The Balaban J connectivity index is 1.54. The number of amides is 1. The molecule has 4 rings (SSSR count). The van der Waals surface area contributed by atoms with Gasteiger partial charge in [-0.1, -0.05) is 18.2 Å². The first-order valence-corrected chi connectivity index (χ1v) is 14.3. The Morgan fingerprint density at radius 3 is 2.08 bits per heavy atom. The summed E-state index contributed by atoms with van der Waals surface area (Å²) in [6.07, 6.45) is 1.81. The van der Waals surface area contributed by atoms with E-state index >= 15 is 0 Å². The maximum atomic E-state index is 13.1. The Kier molecular flexibility index (Phi) is 7.23. The van der Waals surface area contributed by atoms with Crippen LogP contribution in [-0.2, 0) is 20.0 Å². The Hall–Kier alpha value is -3.57. The Morgan fingerprint density at radius 1 is 0.833 bits per heavy atom. The van der Waals surface area contributed by atoms with Crippen LogP contribution in [0, 0.1) is 6.92 Å². The van der Waals surface area contributed by atoms with Crippen molar-refractivity contribution in [3.8, 4) is 5.75 Å². The molecule has 0 radical (unpaired) electrons. The molecule has 2 N–H and O–H groups in total. The van der Waals surface area contributed by atoms with Crippen LogP contribution in [0.5, 0.6) is 5.75 Å². The molecule has 0 spiro atoms. The summed E-state index contributed by atoms with van der Waals surface area (Å²) >= 11 is 0. The Bertz CT molecular complexity index is 1480. The van der Waals surface area contributed by atoms with Gasteiger partial charge in [0.25, 0.3) is 26.0 Å². The minimum Gasteiger partial charge on any atom is -0.496 e. The number of benzene rings is 3. The van der Waals surface area contributed by atoms with Gasteiger partial charge in [0.2, 0.25) is 0 Å². The van der Waals surface area contributed by atoms with Gasteiger partial charge in [0.15, 0.2) is 0 Å². The first kappa shape index (κ1) is 25.5. The molecular formula is C25H27N3O6S2. The second-order valence-electron chi connectivity index (χ2n) is 8.41. The normalized spacial score (nSPS) is 13.9. The van der Waals surface area contributed by atoms with Crippen molar-refractivity contribution in [2.24, 2.45) is 0 Å². The van der Waals surface area contributed by atoms with Crippen molar-refractivity contribution in [1.29, 1.82) is 0 Å². The van der Waals surface area contributed by atoms with E-state index in [1.54, 1.807) is 30.0 Å². The van der Waals surface area contributed by atoms with Crippen molar-refractivity contribution >= 4 is 37.3 Å². The van der Waals surface area contributed by atoms with E-state index in [9.17, 15) is 21.6 Å². The lowest BCUT2D eigenvalue weighted by Gasteiger charge is -2.18. The third-order valence-electron chi connectivity index (χ3n) is 5.91. The molecule has 3 aromatic carbocycles. The highest BCUT2D eigenvalue weighted by atomic mass is 32.2. The number of carbonyl (C=O) groups excluding carboxylic acids is 1. The molecule has 0 unspecified atom stereocenters. The fourth-order valence-corrected chi connectivity index (χ4v) is 6.13. The van der Waals surface area contributed by atoms with Crippen molar-refractivity contribution < 1.29 is 26.4 Å². The molecule has 3 aromatic rings. The van der Waals surface area contributed by atoms with Gasteiger partial charge in [-0.3, -0.25) is 14.2 Å². The molecule has 1 saturated heterocycles. The fourth-order valence-electron chi connectivity index (χ4n) is 3.92. The number of hydrogen-bond donors (Lipinski definition) is 2. The van der Waals surface area contributed by atoms with Crippen LogP contribution in [0.25, 0.3) is 0 Å². The summed E-state index contributed by atoms with van der Waals surface area (Å²) in [7, 11) is -6.50. The van der Waals surface area contributed by atoms with E-state index in [4.69, 9.17) is 4.74 Å². The quantitative estimate of drug-likeness (QED) is 0.457. The van der Waals surface area contributed by atoms with Gasteiger partial charge in [-0.05, 0) is 73.9 Å². The molecule has 0 aromatic heterocycles. The van der Waals surface area contributed by atoms with Crippen LogP contribution in [0.3, 0.4) is 0 Å². The highest BCUT2D eigenvalue weighted by Gasteiger charge is 2.25. The van der Waals surface area contributed by atoms with Crippen molar-refractivity contribution in [3.63, 3.8) is 0 Å². The van der Waals surface area contributed by atoms with E-state index in [-0.39, 0.29) is 26.9 Å². The van der Waals surface area contributed by atoms with Gasteiger partial charge in [-0.15, -0.1) is 0 Å². The van der Waals surface area contributed by atoms with Crippen molar-refractivity contribution in [1.82, 2.24) is 4.90 Å². The maximum absolute atomic E-state index is 13.1. The van der Waals surface area contributed by atoms with Gasteiger partial charge >= 0.3 is 0 Å².